The van der Waals surface area contributed by atoms with Gasteiger partial charge in [0.25, 0.3) is 0 Å². The molecule has 1 unspecified atom stereocenters. The van der Waals surface area contributed by atoms with Gasteiger partial charge in [0, 0.05) is 36.9 Å². The van der Waals surface area contributed by atoms with Gasteiger partial charge in [0.2, 0.25) is 5.91 Å². The van der Waals surface area contributed by atoms with Crippen LogP contribution >= 0.6 is 0 Å². The van der Waals surface area contributed by atoms with E-state index in [9.17, 15) is 9.18 Å². The van der Waals surface area contributed by atoms with Gasteiger partial charge in [-0.25, -0.2) is 4.39 Å². The van der Waals surface area contributed by atoms with Crippen molar-refractivity contribution in [3.8, 4) is 0 Å². The van der Waals surface area contributed by atoms with E-state index < -0.39 is 0 Å². The molecule has 1 aromatic rings. The quantitative estimate of drug-likeness (QED) is 0.775. The number of carbonyl (C=O) groups excluding carboxylic acids is 1. The molecule has 0 radical (unpaired) electrons. The van der Waals surface area contributed by atoms with Crippen molar-refractivity contribution in [2.45, 2.75) is 26.8 Å². The van der Waals surface area contributed by atoms with Crippen LogP contribution in [0.3, 0.4) is 0 Å². The molecule has 1 atom stereocenters. The summed E-state index contributed by atoms with van der Waals surface area (Å²) in [5, 5.41) is 0. The zero-order chi connectivity index (χ0) is 14.7. The number of piperazine rings is 1. The van der Waals surface area contributed by atoms with E-state index in [0.29, 0.717) is 6.54 Å². The summed E-state index contributed by atoms with van der Waals surface area (Å²) in [7, 11) is 0. The van der Waals surface area contributed by atoms with E-state index in [0.717, 1.165) is 24.4 Å². The molecule has 1 amide bonds. The predicted molar refractivity (Wildman–Crippen MR) is 79.2 cm³/mol. The molecule has 3 nitrogen and oxygen atoms in total. The van der Waals surface area contributed by atoms with Crippen molar-refractivity contribution < 1.29 is 9.18 Å². The fourth-order valence-corrected chi connectivity index (χ4v) is 2.50. The maximum atomic E-state index is 12.9. The maximum Gasteiger partial charge on any atom is 0.249 e. The second kappa shape index (κ2) is 6.07. The van der Waals surface area contributed by atoms with Crippen LogP contribution in [0.2, 0.25) is 0 Å². The molecule has 0 bridgehead atoms. The molecule has 108 valence electrons. The van der Waals surface area contributed by atoms with Crippen LogP contribution in [-0.4, -0.2) is 36.5 Å². The van der Waals surface area contributed by atoms with E-state index in [1.807, 2.05) is 24.8 Å². The number of hydrogen-bond acceptors (Lipinski definition) is 2. The molecule has 1 aliphatic heterocycles. The molecule has 1 aliphatic rings. The van der Waals surface area contributed by atoms with Crippen LogP contribution in [0.1, 0.15) is 20.8 Å². The lowest BCUT2D eigenvalue weighted by atomic mass is 10.1. The summed E-state index contributed by atoms with van der Waals surface area (Å²) in [4.78, 5) is 16.3. The molecule has 0 aromatic heterocycles. The number of allylic oxidation sites excluding steroid dienone is 1. The van der Waals surface area contributed by atoms with E-state index in [-0.39, 0.29) is 17.8 Å². The Labute approximate surface area is 119 Å². The van der Waals surface area contributed by atoms with Crippen molar-refractivity contribution in [1.29, 1.82) is 0 Å². The summed E-state index contributed by atoms with van der Waals surface area (Å²) in [5.41, 5.74) is 1.79. The summed E-state index contributed by atoms with van der Waals surface area (Å²) in [6.07, 6.45) is 1.85. The zero-order valence-electron chi connectivity index (χ0n) is 12.3. The Morgan fingerprint density at radius 1 is 1.30 bits per heavy atom. The lowest BCUT2D eigenvalue weighted by Gasteiger charge is -2.41. The third-order valence-electron chi connectivity index (χ3n) is 3.85. The highest BCUT2D eigenvalue weighted by atomic mass is 19.1. The van der Waals surface area contributed by atoms with Gasteiger partial charge in [-0.3, -0.25) is 4.79 Å². The minimum atomic E-state index is -0.223. The zero-order valence-corrected chi connectivity index (χ0v) is 12.3. The molecule has 1 saturated heterocycles. The number of carbonyl (C=O) groups is 1. The summed E-state index contributed by atoms with van der Waals surface area (Å²) in [6.45, 7) is 8.03. The summed E-state index contributed by atoms with van der Waals surface area (Å²) >= 11 is 0. The molecule has 20 heavy (non-hydrogen) atoms. The number of benzene rings is 1. The van der Waals surface area contributed by atoms with E-state index in [4.69, 9.17) is 0 Å². The smallest absolute Gasteiger partial charge is 0.249 e. The Balaban J connectivity index is 2.05. The van der Waals surface area contributed by atoms with Crippen molar-refractivity contribution in [3.05, 3.63) is 41.7 Å². The Bertz CT molecular complexity index is 510. The van der Waals surface area contributed by atoms with Crippen molar-refractivity contribution >= 4 is 11.6 Å². The highest BCUT2D eigenvalue weighted by molar-refractivity contribution is 5.93. The van der Waals surface area contributed by atoms with Gasteiger partial charge in [-0.15, -0.1) is 0 Å². The predicted octanol–water partition coefficient (Wildman–Crippen LogP) is 2.83. The number of nitrogens with zero attached hydrogens (tertiary/aromatic N) is 2. The summed E-state index contributed by atoms with van der Waals surface area (Å²) < 4.78 is 12.9. The normalized spacial score (nSPS) is 20.2. The van der Waals surface area contributed by atoms with Gasteiger partial charge in [0.15, 0.2) is 0 Å². The van der Waals surface area contributed by atoms with Crippen molar-refractivity contribution in [2.75, 3.05) is 24.5 Å². The monoisotopic (exact) mass is 276 g/mol. The molecular weight excluding hydrogens is 255 g/mol. The van der Waals surface area contributed by atoms with Gasteiger partial charge >= 0.3 is 0 Å². The first-order valence-electron chi connectivity index (χ1n) is 6.97. The Morgan fingerprint density at radius 3 is 2.50 bits per heavy atom. The lowest BCUT2D eigenvalue weighted by molar-refractivity contribution is -0.129. The standard InChI is InChI=1S/C16H21FN2O/c1-4-12(2)16(20)19-10-9-18(11-13(19)3)15-7-5-14(17)6-8-15/h4-8,13H,9-11H2,1-3H3. The number of amides is 1. The first kappa shape index (κ1) is 14.6. The van der Waals surface area contributed by atoms with Crippen LogP contribution in [-0.2, 0) is 4.79 Å². The maximum absolute atomic E-state index is 12.9. The second-order valence-corrected chi connectivity index (χ2v) is 5.24. The van der Waals surface area contributed by atoms with Crippen LogP contribution in [0.4, 0.5) is 10.1 Å². The van der Waals surface area contributed by atoms with Crippen molar-refractivity contribution in [1.82, 2.24) is 4.90 Å². The average molecular weight is 276 g/mol. The Hall–Kier alpha value is -1.84. The van der Waals surface area contributed by atoms with Gasteiger partial charge in [-0.2, -0.15) is 0 Å². The molecule has 1 aromatic carbocycles. The van der Waals surface area contributed by atoms with E-state index >= 15 is 0 Å². The van der Waals surface area contributed by atoms with Crippen LogP contribution < -0.4 is 4.90 Å². The first-order chi connectivity index (χ1) is 9.52. The number of rotatable bonds is 2. The lowest BCUT2D eigenvalue weighted by Crippen LogP contribution is -2.54. The highest BCUT2D eigenvalue weighted by Crippen LogP contribution is 2.20. The fraction of sp³-hybridized carbons (Fsp3) is 0.438. The molecule has 1 fully saturated rings. The minimum absolute atomic E-state index is 0.110. The first-order valence-corrected chi connectivity index (χ1v) is 6.97. The molecule has 0 saturated carbocycles. The molecule has 2 rings (SSSR count). The SMILES string of the molecule is CC=C(C)C(=O)N1CCN(c2ccc(F)cc2)CC1C. The molecule has 1 heterocycles. The van der Waals surface area contributed by atoms with Crippen LogP contribution in [0.15, 0.2) is 35.9 Å². The van der Waals surface area contributed by atoms with E-state index in [2.05, 4.69) is 11.8 Å². The Morgan fingerprint density at radius 2 is 1.95 bits per heavy atom. The van der Waals surface area contributed by atoms with Gasteiger partial charge in [-0.1, -0.05) is 6.08 Å². The van der Waals surface area contributed by atoms with Crippen LogP contribution in [0.5, 0.6) is 0 Å². The molecule has 0 N–H and O–H groups in total. The van der Waals surface area contributed by atoms with Crippen LogP contribution in [0.25, 0.3) is 0 Å². The third kappa shape index (κ3) is 3.00. The number of hydrogen-bond donors (Lipinski definition) is 0. The topological polar surface area (TPSA) is 23.6 Å². The highest BCUT2D eigenvalue weighted by Gasteiger charge is 2.27. The number of halogens is 1. The van der Waals surface area contributed by atoms with E-state index in [1.165, 1.54) is 12.1 Å². The third-order valence-corrected chi connectivity index (χ3v) is 3.85. The average Bonchev–Trinajstić information content (AvgIpc) is 2.46. The molecular formula is C16H21FN2O. The molecule has 0 spiro atoms. The largest absolute Gasteiger partial charge is 0.368 e. The Kier molecular flexibility index (Phi) is 4.42. The number of anilines is 1. The summed E-state index contributed by atoms with van der Waals surface area (Å²) in [5.74, 6) is -0.113. The van der Waals surface area contributed by atoms with Crippen LogP contribution in [0, 0.1) is 5.82 Å². The summed E-state index contributed by atoms with van der Waals surface area (Å²) in [6, 6.07) is 6.67. The van der Waals surface area contributed by atoms with Crippen molar-refractivity contribution in [3.63, 3.8) is 0 Å². The van der Waals surface area contributed by atoms with Crippen molar-refractivity contribution in [2.24, 2.45) is 0 Å². The van der Waals surface area contributed by atoms with Gasteiger partial charge in [0.05, 0.1) is 0 Å². The second-order valence-electron chi connectivity index (χ2n) is 5.24. The minimum Gasteiger partial charge on any atom is -0.368 e. The van der Waals surface area contributed by atoms with Gasteiger partial charge in [0.1, 0.15) is 5.82 Å². The molecule has 4 heteroatoms. The fourth-order valence-electron chi connectivity index (χ4n) is 2.50. The van der Waals surface area contributed by atoms with E-state index in [1.54, 1.807) is 12.1 Å². The van der Waals surface area contributed by atoms with Gasteiger partial charge < -0.3 is 9.80 Å². The van der Waals surface area contributed by atoms with Gasteiger partial charge in [-0.05, 0) is 45.0 Å². The molecule has 0 aliphatic carbocycles.